The SMILES string of the molecule is COc1ccccc1NC(=O)C1=C(C)NC(SCC(=O)c2ccc(F)cc2)=C(C#N)[C@H]1c1ccco1. The van der Waals surface area contributed by atoms with Crippen molar-refractivity contribution < 1.29 is 23.1 Å². The molecule has 0 radical (unpaired) electrons. The smallest absolute Gasteiger partial charge is 0.254 e. The van der Waals surface area contributed by atoms with Crippen molar-refractivity contribution in [1.29, 1.82) is 5.26 Å². The van der Waals surface area contributed by atoms with E-state index in [0.29, 0.717) is 39.1 Å². The van der Waals surface area contributed by atoms with E-state index in [4.69, 9.17) is 9.15 Å². The van der Waals surface area contributed by atoms with Crippen LogP contribution < -0.4 is 15.4 Å². The van der Waals surface area contributed by atoms with Crippen molar-refractivity contribution in [1.82, 2.24) is 5.32 Å². The molecule has 0 saturated heterocycles. The van der Waals surface area contributed by atoms with Gasteiger partial charge in [-0.2, -0.15) is 5.26 Å². The van der Waals surface area contributed by atoms with Crippen LogP contribution in [0.5, 0.6) is 5.75 Å². The Balaban J connectivity index is 1.64. The second kappa shape index (κ2) is 11.0. The van der Waals surface area contributed by atoms with Gasteiger partial charge >= 0.3 is 0 Å². The third kappa shape index (κ3) is 5.19. The minimum absolute atomic E-state index is 0.0139. The van der Waals surface area contributed by atoms with Crippen LogP contribution in [0.25, 0.3) is 0 Å². The maximum atomic E-state index is 13.5. The predicted octanol–water partition coefficient (Wildman–Crippen LogP) is 5.38. The number of furan rings is 1. The number of anilines is 1. The average Bonchev–Trinajstić information content (AvgIpc) is 3.42. The molecule has 2 aromatic carbocycles. The number of para-hydroxylation sites is 2. The standard InChI is InChI=1S/C27H22FN3O4S/c1-16-24(26(33)31-20-6-3-4-7-22(20)34-2)25(23-8-5-13-35-23)19(14-29)27(30-16)36-15-21(32)17-9-11-18(28)12-10-17/h3-13,25,30H,15H2,1-2H3,(H,31,33)/t25-/m0/s1. The molecule has 0 saturated carbocycles. The highest BCUT2D eigenvalue weighted by Crippen LogP contribution is 2.41. The van der Waals surface area contributed by atoms with Gasteiger partial charge in [0.05, 0.1) is 53.0 Å². The van der Waals surface area contributed by atoms with Crippen molar-refractivity contribution in [2.24, 2.45) is 0 Å². The zero-order chi connectivity index (χ0) is 25.7. The lowest BCUT2D eigenvalue weighted by atomic mass is 9.85. The summed E-state index contributed by atoms with van der Waals surface area (Å²) in [6.07, 6.45) is 1.47. The van der Waals surface area contributed by atoms with Crippen LogP contribution in [-0.4, -0.2) is 24.6 Å². The van der Waals surface area contributed by atoms with Crippen molar-refractivity contribution in [2.75, 3.05) is 18.2 Å². The number of nitrogens with zero attached hydrogens (tertiary/aromatic N) is 1. The molecule has 0 spiro atoms. The van der Waals surface area contributed by atoms with Gasteiger partial charge in [0, 0.05) is 11.3 Å². The summed E-state index contributed by atoms with van der Waals surface area (Å²) in [6.45, 7) is 1.73. The molecule has 0 bridgehead atoms. The summed E-state index contributed by atoms with van der Waals surface area (Å²) in [5.41, 5.74) is 1.92. The second-order valence-corrected chi connectivity index (χ2v) is 8.83. The van der Waals surface area contributed by atoms with E-state index >= 15 is 0 Å². The zero-order valence-electron chi connectivity index (χ0n) is 19.5. The second-order valence-electron chi connectivity index (χ2n) is 7.84. The molecule has 2 heterocycles. The first-order valence-corrected chi connectivity index (χ1v) is 11.9. The van der Waals surface area contributed by atoms with Crippen molar-refractivity contribution in [3.05, 3.63) is 106 Å². The molecule has 1 amide bonds. The molecule has 0 unspecified atom stereocenters. The minimum atomic E-state index is -0.788. The fourth-order valence-electron chi connectivity index (χ4n) is 3.86. The monoisotopic (exact) mass is 503 g/mol. The van der Waals surface area contributed by atoms with Crippen LogP contribution in [0.2, 0.25) is 0 Å². The van der Waals surface area contributed by atoms with Crippen LogP contribution in [-0.2, 0) is 4.79 Å². The van der Waals surface area contributed by atoms with Crippen LogP contribution in [0.1, 0.15) is 29.0 Å². The van der Waals surface area contributed by atoms with Crippen LogP contribution in [0, 0.1) is 17.1 Å². The number of halogens is 1. The van der Waals surface area contributed by atoms with E-state index in [1.54, 1.807) is 43.3 Å². The van der Waals surface area contributed by atoms with E-state index in [1.807, 2.05) is 0 Å². The van der Waals surface area contributed by atoms with Gasteiger partial charge in [-0.1, -0.05) is 23.9 Å². The molecule has 1 aliphatic heterocycles. The van der Waals surface area contributed by atoms with E-state index in [2.05, 4.69) is 16.7 Å². The number of thioether (sulfide) groups is 1. The third-order valence-corrected chi connectivity index (χ3v) is 6.61. The number of allylic oxidation sites excluding steroid dienone is 2. The number of benzene rings is 2. The highest BCUT2D eigenvalue weighted by molar-refractivity contribution is 8.03. The molecule has 2 N–H and O–H groups in total. The molecular weight excluding hydrogens is 481 g/mol. The van der Waals surface area contributed by atoms with Gasteiger partial charge in [-0.05, 0) is 55.5 Å². The van der Waals surface area contributed by atoms with E-state index in [0.717, 1.165) is 11.8 Å². The van der Waals surface area contributed by atoms with Crippen molar-refractivity contribution in [3.63, 3.8) is 0 Å². The summed E-state index contributed by atoms with van der Waals surface area (Å²) in [6, 6.07) is 17.9. The van der Waals surface area contributed by atoms with Gasteiger partial charge in [-0.3, -0.25) is 9.59 Å². The number of amides is 1. The maximum absolute atomic E-state index is 13.5. The molecule has 36 heavy (non-hydrogen) atoms. The number of ether oxygens (including phenoxy) is 1. The number of hydrogen-bond acceptors (Lipinski definition) is 7. The Hall–Kier alpha value is -4.29. The first-order valence-electron chi connectivity index (χ1n) is 10.9. The molecule has 9 heteroatoms. The zero-order valence-corrected chi connectivity index (χ0v) is 20.3. The van der Waals surface area contributed by atoms with Crippen LogP contribution >= 0.6 is 11.8 Å². The van der Waals surface area contributed by atoms with E-state index < -0.39 is 17.6 Å². The summed E-state index contributed by atoms with van der Waals surface area (Å²) in [7, 11) is 1.51. The molecule has 182 valence electrons. The Labute approximate surface area is 211 Å². The summed E-state index contributed by atoms with van der Waals surface area (Å²) in [5.74, 6) is -0.935. The maximum Gasteiger partial charge on any atom is 0.254 e. The Morgan fingerprint density at radius 2 is 1.92 bits per heavy atom. The molecule has 1 aromatic heterocycles. The number of nitrogens with one attached hydrogen (secondary N) is 2. The lowest BCUT2D eigenvalue weighted by Gasteiger charge is -2.28. The Morgan fingerprint density at radius 3 is 2.58 bits per heavy atom. The van der Waals surface area contributed by atoms with Crippen molar-refractivity contribution in [3.8, 4) is 11.8 Å². The lowest BCUT2D eigenvalue weighted by Crippen LogP contribution is -2.30. The van der Waals surface area contributed by atoms with Crippen LogP contribution in [0.15, 0.2) is 93.2 Å². The largest absolute Gasteiger partial charge is 0.495 e. The van der Waals surface area contributed by atoms with E-state index in [1.165, 1.54) is 37.6 Å². The van der Waals surface area contributed by atoms with Gasteiger partial charge in [-0.15, -0.1) is 0 Å². The van der Waals surface area contributed by atoms with Gasteiger partial charge in [0.15, 0.2) is 5.78 Å². The molecule has 0 fully saturated rings. The fraction of sp³-hybridized carbons (Fsp3) is 0.148. The van der Waals surface area contributed by atoms with E-state index in [-0.39, 0.29) is 17.1 Å². The molecular formula is C27H22FN3O4S. The van der Waals surface area contributed by atoms with Crippen LogP contribution in [0.3, 0.4) is 0 Å². The van der Waals surface area contributed by atoms with Gasteiger partial charge in [0.25, 0.3) is 5.91 Å². The number of ketones is 1. The number of hydrogen-bond donors (Lipinski definition) is 2. The lowest BCUT2D eigenvalue weighted by molar-refractivity contribution is -0.113. The third-order valence-electron chi connectivity index (χ3n) is 5.59. The van der Waals surface area contributed by atoms with Gasteiger partial charge < -0.3 is 19.8 Å². The van der Waals surface area contributed by atoms with Crippen molar-refractivity contribution >= 4 is 29.1 Å². The highest BCUT2D eigenvalue weighted by atomic mass is 32.2. The molecule has 4 rings (SSSR count). The first kappa shape index (κ1) is 24.8. The first-order chi connectivity index (χ1) is 17.4. The normalized spacial score (nSPS) is 15.2. The quantitative estimate of drug-likeness (QED) is 0.398. The summed E-state index contributed by atoms with van der Waals surface area (Å²) in [5, 5.41) is 16.5. The number of methoxy groups -OCH3 is 1. The van der Waals surface area contributed by atoms with E-state index in [9.17, 15) is 19.2 Å². The number of dihydropyridines is 1. The van der Waals surface area contributed by atoms with Crippen LogP contribution in [0.4, 0.5) is 10.1 Å². The number of Topliss-reactive ketones (excluding diaryl/α,β-unsaturated/α-hetero) is 1. The Kier molecular flexibility index (Phi) is 7.56. The summed E-state index contributed by atoms with van der Waals surface area (Å²) in [4.78, 5) is 26.1. The number of nitriles is 1. The summed E-state index contributed by atoms with van der Waals surface area (Å²) < 4.78 is 24.2. The molecule has 3 aromatic rings. The molecule has 0 aliphatic carbocycles. The minimum Gasteiger partial charge on any atom is -0.495 e. The number of carbonyl (C=O) groups is 2. The predicted molar refractivity (Wildman–Crippen MR) is 135 cm³/mol. The summed E-state index contributed by atoms with van der Waals surface area (Å²) >= 11 is 1.14. The molecule has 7 nitrogen and oxygen atoms in total. The Bertz CT molecular complexity index is 1390. The van der Waals surface area contributed by atoms with Gasteiger partial charge in [0.2, 0.25) is 0 Å². The van der Waals surface area contributed by atoms with Crippen molar-refractivity contribution in [2.45, 2.75) is 12.8 Å². The fourth-order valence-corrected chi connectivity index (χ4v) is 4.85. The molecule has 1 atom stereocenters. The number of rotatable bonds is 8. The Morgan fingerprint density at radius 1 is 1.17 bits per heavy atom. The highest BCUT2D eigenvalue weighted by Gasteiger charge is 2.36. The molecule has 1 aliphatic rings. The van der Waals surface area contributed by atoms with Gasteiger partial charge in [0.1, 0.15) is 17.3 Å². The topological polar surface area (TPSA) is 104 Å². The number of carbonyl (C=O) groups excluding carboxylic acids is 2. The van der Waals surface area contributed by atoms with Gasteiger partial charge in [-0.25, -0.2) is 4.39 Å². The average molecular weight is 504 g/mol.